The quantitative estimate of drug-likeness (QED) is 0.736. The van der Waals surface area contributed by atoms with Gasteiger partial charge in [0.15, 0.2) is 0 Å². The first-order valence-electron chi connectivity index (χ1n) is 9.39. The molecule has 1 aliphatic heterocycles. The number of amides is 2. The monoisotopic (exact) mass is 413 g/mol. The highest BCUT2D eigenvalue weighted by atomic mass is 32.2. The van der Waals surface area contributed by atoms with Gasteiger partial charge in [0.25, 0.3) is 5.91 Å². The summed E-state index contributed by atoms with van der Waals surface area (Å²) < 4.78 is 42.8. The number of ether oxygens (including phenoxy) is 1. The van der Waals surface area contributed by atoms with Crippen molar-refractivity contribution in [1.29, 1.82) is 0 Å². The Morgan fingerprint density at radius 3 is 2.29 bits per heavy atom. The second kappa shape index (κ2) is 9.22. The second-order valence-corrected chi connectivity index (χ2v) is 7.72. The summed E-state index contributed by atoms with van der Waals surface area (Å²) in [5, 5.41) is 0. The second-order valence-electron chi connectivity index (χ2n) is 6.99. The standard InChI is InChI=1S/C18H24FN3O5S/c19-15-12-13(6-7-16(15)20-28(25)26)17(23)21-8-10-22(11-9-21)18(24)27-14-4-2-1-3-5-14/h6-7,12,14,28H,1-5,8-11H2,(H,20,25,26). The van der Waals surface area contributed by atoms with E-state index in [9.17, 15) is 22.4 Å². The van der Waals surface area contributed by atoms with E-state index in [2.05, 4.69) is 0 Å². The van der Waals surface area contributed by atoms with E-state index in [1.165, 1.54) is 18.6 Å². The number of anilines is 1. The van der Waals surface area contributed by atoms with Crippen LogP contribution in [0, 0.1) is 5.82 Å². The summed E-state index contributed by atoms with van der Waals surface area (Å²) >= 11 is 0. The third kappa shape index (κ3) is 5.12. The predicted octanol–water partition coefficient (Wildman–Crippen LogP) is 1.99. The van der Waals surface area contributed by atoms with E-state index < -0.39 is 16.7 Å². The van der Waals surface area contributed by atoms with Gasteiger partial charge in [0.05, 0.1) is 5.69 Å². The van der Waals surface area contributed by atoms with Gasteiger partial charge < -0.3 is 14.5 Å². The number of benzene rings is 1. The summed E-state index contributed by atoms with van der Waals surface area (Å²) in [5.74, 6) is -1.18. The molecule has 2 amide bonds. The highest BCUT2D eigenvalue weighted by Crippen LogP contribution is 2.22. The van der Waals surface area contributed by atoms with Gasteiger partial charge in [-0.1, -0.05) is 6.42 Å². The number of thiol groups is 1. The molecule has 0 spiro atoms. The van der Waals surface area contributed by atoms with Crippen molar-refractivity contribution in [3.8, 4) is 0 Å². The fourth-order valence-electron chi connectivity index (χ4n) is 3.51. The fraction of sp³-hybridized carbons (Fsp3) is 0.556. The zero-order chi connectivity index (χ0) is 20.1. The number of carbonyl (C=O) groups is 2. The highest BCUT2D eigenvalue weighted by molar-refractivity contribution is 7.73. The Hall–Kier alpha value is -2.36. The predicted molar refractivity (Wildman–Crippen MR) is 101 cm³/mol. The lowest BCUT2D eigenvalue weighted by Gasteiger charge is -2.35. The van der Waals surface area contributed by atoms with E-state index in [-0.39, 0.29) is 29.4 Å². The zero-order valence-corrected chi connectivity index (χ0v) is 16.3. The Morgan fingerprint density at radius 2 is 1.68 bits per heavy atom. The van der Waals surface area contributed by atoms with Gasteiger partial charge in [-0.25, -0.2) is 17.6 Å². The SMILES string of the molecule is O=C(OC1CCCCC1)N1CCN(C(=O)c2ccc(N[SH](=O)=O)c(F)c2)CC1. The molecule has 2 aliphatic rings. The molecule has 8 nitrogen and oxygen atoms in total. The fourth-order valence-corrected chi connectivity index (χ4v) is 3.89. The molecule has 0 atom stereocenters. The van der Waals surface area contributed by atoms with Crippen LogP contribution in [0.5, 0.6) is 0 Å². The molecule has 28 heavy (non-hydrogen) atoms. The molecule has 1 saturated heterocycles. The van der Waals surface area contributed by atoms with Crippen LogP contribution in [0.15, 0.2) is 18.2 Å². The maximum Gasteiger partial charge on any atom is 0.410 e. The highest BCUT2D eigenvalue weighted by Gasteiger charge is 2.28. The Morgan fingerprint density at radius 1 is 1.04 bits per heavy atom. The van der Waals surface area contributed by atoms with Crippen molar-refractivity contribution in [2.24, 2.45) is 0 Å². The Bertz CT molecular complexity index is 794. The van der Waals surface area contributed by atoms with Crippen LogP contribution in [0.25, 0.3) is 0 Å². The summed E-state index contributed by atoms with van der Waals surface area (Å²) in [6, 6.07) is 3.59. The number of hydrogen-bond donors (Lipinski definition) is 2. The van der Waals surface area contributed by atoms with E-state index in [1.54, 1.807) is 9.80 Å². The molecule has 0 unspecified atom stereocenters. The lowest BCUT2D eigenvalue weighted by molar-refractivity contribution is 0.0306. The van der Waals surface area contributed by atoms with Crippen molar-refractivity contribution >= 4 is 28.6 Å². The molecule has 1 saturated carbocycles. The summed E-state index contributed by atoms with van der Waals surface area (Å²) in [6.07, 6.45) is 4.80. The summed E-state index contributed by atoms with van der Waals surface area (Å²) in [7, 11) is -2.98. The van der Waals surface area contributed by atoms with Gasteiger partial charge in [-0.15, -0.1) is 0 Å². The Kier molecular flexibility index (Phi) is 6.71. The summed E-state index contributed by atoms with van der Waals surface area (Å²) in [6.45, 7) is 1.37. The van der Waals surface area contributed by atoms with Gasteiger partial charge in [-0.2, -0.15) is 0 Å². The first kappa shape index (κ1) is 20.4. The van der Waals surface area contributed by atoms with Crippen LogP contribution in [-0.4, -0.2) is 62.5 Å². The molecule has 1 aliphatic carbocycles. The van der Waals surface area contributed by atoms with E-state index in [0.717, 1.165) is 31.7 Å². The van der Waals surface area contributed by atoms with Crippen molar-refractivity contribution in [2.45, 2.75) is 38.2 Å². The molecular weight excluding hydrogens is 389 g/mol. The Labute approximate surface area is 164 Å². The van der Waals surface area contributed by atoms with Crippen LogP contribution >= 0.6 is 0 Å². The lowest BCUT2D eigenvalue weighted by Crippen LogP contribution is -2.51. The maximum absolute atomic E-state index is 14.0. The largest absolute Gasteiger partial charge is 0.446 e. The molecule has 1 N–H and O–H groups in total. The molecule has 0 radical (unpaired) electrons. The van der Waals surface area contributed by atoms with E-state index in [0.29, 0.717) is 26.2 Å². The van der Waals surface area contributed by atoms with E-state index in [4.69, 9.17) is 4.74 Å². The molecule has 1 aromatic rings. The van der Waals surface area contributed by atoms with Crippen molar-refractivity contribution in [3.63, 3.8) is 0 Å². The number of nitrogens with zero attached hydrogens (tertiary/aromatic N) is 2. The molecule has 1 heterocycles. The van der Waals surface area contributed by atoms with Crippen LogP contribution in [0.1, 0.15) is 42.5 Å². The first-order chi connectivity index (χ1) is 13.4. The first-order valence-corrected chi connectivity index (χ1v) is 10.6. The lowest BCUT2D eigenvalue weighted by atomic mass is 9.98. The number of carbonyl (C=O) groups excluding carboxylic acids is 2. The minimum atomic E-state index is -2.98. The third-order valence-corrected chi connectivity index (χ3v) is 5.50. The number of halogens is 1. The normalized spacial score (nSPS) is 18.2. The number of hydrogen-bond acceptors (Lipinski definition) is 5. The van der Waals surface area contributed by atoms with Crippen molar-refractivity contribution in [1.82, 2.24) is 9.80 Å². The minimum Gasteiger partial charge on any atom is -0.446 e. The molecule has 154 valence electrons. The number of rotatable bonds is 4. The van der Waals surface area contributed by atoms with Crippen LogP contribution in [-0.2, 0) is 15.6 Å². The van der Waals surface area contributed by atoms with Gasteiger partial charge in [0.1, 0.15) is 11.9 Å². The number of nitrogens with one attached hydrogen (secondary N) is 1. The van der Waals surface area contributed by atoms with E-state index >= 15 is 0 Å². The zero-order valence-electron chi connectivity index (χ0n) is 15.4. The molecule has 2 fully saturated rings. The average Bonchev–Trinajstić information content (AvgIpc) is 2.69. The minimum absolute atomic E-state index is 0.0136. The van der Waals surface area contributed by atoms with Crippen LogP contribution in [0.3, 0.4) is 0 Å². The third-order valence-electron chi connectivity index (χ3n) is 5.07. The molecule has 1 aromatic carbocycles. The summed E-state index contributed by atoms with van der Waals surface area (Å²) in [4.78, 5) is 28.0. The Balaban J connectivity index is 1.53. The van der Waals surface area contributed by atoms with Gasteiger partial charge >= 0.3 is 6.09 Å². The van der Waals surface area contributed by atoms with Gasteiger partial charge in [-0.3, -0.25) is 9.52 Å². The van der Waals surface area contributed by atoms with Crippen molar-refractivity contribution in [3.05, 3.63) is 29.6 Å². The summed E-state index contributed by atoms with van der Waals surface area (Å²) in [5.41, 5.74) is -0.0784. The smallest absolute Gasteiger partial charge is 0.410 e. The average molecular weight is 413 g/mol. The van der Waals surface area contributed by atoms with E-state index in [1.807, 2.05) is 4.72 Å². The van der Waals surface area contributed by atoms with Gasteiger partial charge in [0.2, 0.25) is 10.9 Å². The van der Waals surface area contributed by atoms with Gasteiger partial charge in [-0.05, 0) is 43.9 Å². The van der Waals surface area contributed by atoms with Gasteiger partial charge in [0, 0.05) is 31.7 Å². The molecular formula is C18H24FN3O5S. The van der Waals surface area contributed by atoms with Crippen LogP contribution < -0.4 is 4.72 Å². The topological polar surface area (TPSA) is 96.0 Å². The van der Waals surface area contributed by atoms with Crippen molar-refractivity contribution < 1.29 is 27.1 Å². The molecule has 3 rings (SSSR count). The molecule has 10 heteroatoms. The number of piperazine rings is 1. The maximum atomic E-state index is 14.0. The van der Waals surface area contributed by atoms with Crippen LogP contribution in [0.2, 0.25) is 0 Å². The van der Waals surface area contributed by atoms with Crippen molar-refractivity contribution in [2.75, 3.05) is 30.9 Å². The van der Waals surface area contributed by atoms with Crippen LogP contribution in [0.4, 0.5) is 14.9 Å². The molecule has 0 aromatic heterocycles. The molecule has 0 bridgehead atoms.